The van der Waals surface area contributed by atoms with Crippen molar-refractivity contribution in [2.45, 2.75) is 57.8 Å². The Morgan fingerprint density at radius 3 is 2.25 bits per heavy atom. The van der Waals surface area contributed by atoms with Crippen LogP contribution in [0.3, 0.4) is 0 Å². The van der Waals surface area contributed by atoms with Crippen molar-refractivity contribution in [1.29, 1.82) is 0 Å². The van der Waals surface area contributed by atoms with Crippen molar-refractivity contribution < 1.29 is 29.4 Å². The number of imide groups is 1. The van der Waals surface area contributed by atoms with Gasteiger partial charge >= 0.3 is 12.2 Å². The smallest absolute Gasteiger partial charge is 0.411 e. The van der Waals surface area contributed by atoms with Crippen molar-refractivity contribution in [3.63, 3.8) is 0 Å². The topological polar surface area (TPSA) is 157 Å². The van der Waals surface area contributed by atoms with Crippen molar-refractivity contribution in [2.75, 3.05) is 6.54 Å². The molecule has 0 aromatic heterocycles. The molecule has 3 atom stereocenters. The number of hydrogen-bond donors (Lipinski definition) is 6. The van der Waals surface area contributed by atoms with Crippen molar-refractivity contribution in [3.8, 4) is 0 Å². The first kappa shape index (κ1) is 21.8. The molecule has 0 aromatic carbocycles. The molecule has 2 unspecified atom stereocenters. The van der Waals surface area contributed by atoms with Gasteiger partial charge in [0.15, 0.2) is 0 Å². The second kappa shape index (κ2) is 12.3. The molecule has 0 fully saturated rings. The summed E-state index contributed by atoms with van der Waals surface area (Å²) in [5, 5.41) is 27.0. The number of amides is 3. The lowest BCUT2D eigenvalue weighted by Crippen LogP contribution is -2.53. The van der Waals surface area contributed by atoms with Crippen LogP contribution in [-0.4, -0.2) is 59.4 Å². The highest BCUT2D eigenvalue weighted by Crippen LogP contribution is 2.03. The Morgan fingerprint density at radius 2 is 1.71 bits per heavy atom. The van der Waals surface area contributed by atoms with E-state index in [1.165, 1.54) is 6.92 Å². The van der Waals surface area contributed by atoms with E-state index in [1.54, 1.807) is 12.2 Å². The molecule has 24 heavy (non-hydrogen) atoms. The van der Waals surface area contributed by atoms with Gasteiger partial charge in [0.05, 0.1) is 18.2 Å². The molecule has 0 aliphatic carbocycles. The van der Waals surface area contributed by atoms with Crippen molar-refractivity contribution in [2.24, 2.45) is 0 Å². The van der Waals surface area contributed by atoms with Crippen molar-refractivity contribution in [3.05, 3.63) is 0 Å². The minimum Gasteiger partial charge on any atom is -0.465 e. The summed E-state index contributed by atoms with van der Waals surface area (Å²) in [5.74, 6) is -0.758. The maximum absolute atomic E-state index is 11.5. The predicted octanol–water partition coefficient (Wildman–Crippen LogP) is 0.0898. The lowest BCUT2D eigenvalue weighted by molar-refractivity contribution is -0.122. The van der Waals surface area contributed by atoms with E-state index in [-0.39, 0.29) is 6.04 Å². The third kappa shape index (κ3) is 11.4. The van der Waals surface area contributed by atoms with Gasteiger partial charge in [-0.1, -0.05) is 12.8 Å². The van der Waals surface area contributed by atoms with Crippen LogP contribution in [0.5, 0.6) is 0 Å². The Balaban J connectivity index is 4.17. The van der Waals surface area contributed by atoms with Gasteiger partial charge in [-0.05, 0) is 33.2 Å². The Hall–Kier alpha value is -2.20. The number of rotatable bonds is 12. The molecule has 0 bridgehead atoms. The first-order valence-corrected chi connectivity index (χ1v) is 7.74. The lowest BCUT2D eigenvalue weighted by atomic mass is 10.1. The maximum atomic E-state index is 11.5. The van der Waals surface area contributed by atoms with Crippen LogP contribution < -0.4 is 21.3 Å². The Labute approximate surface area is 140 Å². The molecule has 0 saturated carbocycles. The molecule has 10 heteroatoms. The van der Waals surface area contributed by atoms with Crippen LogP contribution in [0.1, 0.15) is 39.5 Å². The van der Waals surface area contributed by atoms with Gasteiger partial charge < -0.3 is 25.6 Å². The third-order valence-corrected chi connectivity index (χ3v) is 3.21. The van der Waals surface area contributed by atoms with E-state index in [1.807, 2.05) is 0 Å². The molecule has 0 radical (unpaired) electrons. The molecule has 0 saturated heterocycles. The molecule has 0 aromatic rings. The molecule has 0 aliphatic heterocycles. The summed E-state index contributed by atoms with van der Waals surface area (Å²) in [7, 11) is 0. The van der Waals surface area contributed by atoms with Gasteiger partial charge in [-0.3, -0.25) is 15.4 Å². The zero-order chi connectivity index (χ0) is 18.5. The van der Waals surface area contributed by atoms with Gasteiger partial charge in [0.1, 0.15) is 6.29 Å². The van der Waals surface area contributed by atoms with Crippen molar-refractivity contribution in [1.82, 2.24) is 21.3 Å². The van der Waals surface area contributed by atoms with E-state index in [0.717, 1.165) is 19.1 Å². The minimum atomic E-state index is -1.46. The number of unbranched alkanes of at least 4 members (excludes halogenated alkanes) is 2. The molecule has 10 nitrogen and oxygen atoms in total. The van der Waals surface area contributed by atoms with Gasteiger partial charge in [0, 0.05) is 0 Å². The van der Waals surface area contributed by atoms with Crippen LogP contribution in [0.15, 0.2) is 0 Å². The number of hydrogen-bond acceptors (Lipinski definition) is 6. The van der Waals surface area contributed by atoms with Crippen LogP contribution >= 0.6 is 0 Å². The van der Waals surface area contributed by atoms with Gasteiger partial charge in [0.25, 0.3) is 0 Å². The fourth-order valence-corrected chi connectivity index (χ4v) is 1.97. The highest BCUT2D eigenvalue weighted by Gasteiger charge is 2.20. The van der Waals surface area contributed by atoms with Crippen LogP contribution in [0.4, 0.5) is 9.59 Å². The quantitative estimate of drug-likeness (QED) is 0.165. The monoisotopic (exact) mass is 346 g/mol. The van der Waals surface area contributed by atoms with E-state index in [4.69, 9.17) is 10.2 Å². The summed E-state index contributed by atoms with van der Waals surface area (Å²) >= 11 is 0. The number of carbonyl (C=O) groups excluding carboxylic acids is 2. The molecule has 0 aliphatic rings. The first-order chi connectivity index (χ1) is 11.3. The molecule has 0 heterocycles. The van der Waals surface area contributed by atoms with Crippen LogP contribution in [0.25, 0.3) is 0 Å². The summed E-state index contributed by atoms with van der Waals surface area (Å²) in [6.45, 7) is 3.88. The van der Waals surface area contributed by atoms with Gasteiger partial charge in [-0.2, -0.15) is 0 Å². The second-order valence-corrected chi connectivity index (χ2v) is 5.41. The lowest BCUT2D eigenvalue weighted by Gasteiger charge is -2.22. The summed E-state index contributed by atoms with van der Waals surface area (Å²) in [6, 6.07) is -1.06. The van der Waals surface area contributed by atoms with Gasteiger partial charge in [-0.25, -0.2) is 9.59 Å². The molecule has 6 N–H and O–H groups in total. The number of carbonyl (C=O) groups is 4. The highest BCUT2D eigenvalue weighted by atomic mass is 16.4. The summed E-state index contributed by atoms with van der Waals surface area (Å²) in [4.78, 5) is 43.2. The summed E-state index contributed by atoms with van der Waals surface area (Å²) in [6.07, 6.45) is 0.232. The Bertz CT molecular complexity index is 431. The van der Waals surface area contributed by atoms with Crippen LogP contribution in [0.2, 0.25) is 0 Å². The number of nitrogens with one attached hydrogen (secondary N) is 4. The minimum absolute atomic E-state index is 0.193. The number of aldehydes is 1. The van der Waals surface area contributed by atoms with E-state index >= 15 is 0 Å². The van der Waals surface area contributed by atoms with Crippen molar-refractivity contribution >= 4 is 24.4 Å². The highest BCUT2D eigenvalue weighted by molar-refractivity contribution is 5.93. The van der Waals surface area contributed by atoms with Gasteiger partial charge in [0.2, 0.25) is 5.91 Å². The van der Waals surface area contributed by atoms with E-state index < -0.39 is 30.3 Å². The molecule has 138 valence electrons. The zero-order valence-electron chi connectivity index (χ0n) is 13.9. The largest absolute Gasteiger partial charge is 0.465 e. The summed E-state index contributed by atoms with van der Waals surface area (Å²) in [5.41, 5.74) is 0. The Morgan fingerprint density at radius 1 is 1.04 bits per heavy atom. The fraction of sp³-hybridized carbons (Fsp3) is 0.714. The molecule has 0 spiro atoms. The third-order valence-electron chi connectivity index (χ3n) is 3.21. The predicted molar refractivity (Wildman–Crippen MR) is 85.7 cm³/mol. The first-order valence-electron chi connectivity index (χ1n) is 7.74. The SMILES string of the molecule is CC(C=O)NCCCCCC(NC(=O)O)N[C@@H](C)C(=O)NC(=O)O. The average molecular weight is 346 g/mol. The van der Waals surface area contributed by atoms with Crippen LogP contribution in [0, 0.1) is 0 Å². The van der Waals surface area contributed by atoms with Gasteiger partial charge in [-0.15, -0.1) is 0 Å². The van der Waals surface area contributed by atoms with Crippen LogP contribution in [-0.2, 0) is 9.59 Å². The average Bonchev–Trinajstić information content (AvgIpc) is 2.48. The molecule has 0 rings (SSSR count). The standard InChI is InChI=1S/C14H26N4O6/c1-9(8-19)15-7-5-3-4-6-11(17-13(21)22)16-10(2)12(20)18-14(23)24/h8-11,15-17H,3-7H2,1-2H3,(H,18,20)(H,21,22)(H,23,24)/t9?,10-,11?/m0/s1. The number of carboxylic acid groups (broad SMARTS) is 2. The molecular weight excluding hydrogens is 320 g/mol. The zero-order valence-corrected chi connectivity index (χ0v) is 13.9. The molecule has 3 amide bonds. The fourth-order valence-electron chi connectivity index (χ4n) is 1.97. The summed E-state index contributed by atoms with van der Waals surface area (Å²) < 4.78 is 0. The molecular formula is C14H26N4O6. The second-order valence-electron chi connectivity index (χ2n) is 5.41. The maximum Gasteiger partial charge on any atom is 0.411 e. The Kier molecular flexibility index (Phi) is 11.1. The normalized spacial score (nSPS) is 14.2. The van der Waals surface area contributed by atoms with E-state index in [2.05, 4.69) is 16.0 Å². The van der Waals surface area contributed by atoms with E-state index in [9.17, 15) is 19.2 Å². The van der Waals surface area contributed by atoms with E-state index in [0.29, 0.717) is 19.4 Å².